The van der Waals surface area contributed by atoms with Crippen LogP contribution < -0.4 is 5.32 Å². The fraction of sp³-hybridized carbons (Fsp3) is 0.450. The van der Waals surface area contributed by atoms with E-state index in [0.29, 0.717) is 43.3 Å². The van der Waals surface area contributed by atoms with Crippen molar-refractivity contribution in [2.75, 3.05) is 13.2 Å². The lowest BCUT2D eigenvalue weighted by Crippen LogP contribution is -2.24. The fourth-order valence-corrected chi connectivity index (χ4v) is 3.94. The number of oxazole rings is 1. The third-order valence-corrected chi connectivity index (χ3v) is 5.77. The number of amides is 2. The number of unbranched alkanes of at least 4 members (excludes halogenated alkanes) is 2. The van der Waals surface area contributed by atoms with Gasteiger partial charge in [0, 0.05) is 30.7 Å². The van der Waals surface area contributed by atoms with E-state index >= 15 is 0 Å². The third-order valence-electron chi connectivity index (χ3n) is 4.72. The van der Waals surface area contributed by atoms with Crippen molar-refractivity contribution in [2.45, 2.75) is 44.3 Å². The van der Waals surface area contributed by atoms with Crippen LogP contribution in [0, 0.1) is 17.0 Å². The summed E-state index contributed by atoms with van der Waals surface area (Å²) < 4.78 is 11.3. The van der Waals surface area contributed by atoms with Gasteiger partial charge in [0.1, 0.15) is 5.76 Å². The summed E-state index contributed by atoms with van der Waals surface area (Å²) in [7, 11) is 0. The Labute approximate surface area is 177 Å². The standard InChI is InChI=1S/C20H23N3O6S/c1-13-16(21-19(29-13)14-6-8-15(9-7-14)23(26)27)10-12-28-11-4-2-3-5-17-18(24)22-20(25)30-17/h6-9,17H,2-5,10-12H2,1H3,(H,22,24,25). The van der Waals surface area contributed by atoms with Gasteiger partial charge in [-0.3, -0.25) is 25.0 Å². The maximum atomic E-state index is 11.5. The number of thioether (sulfide) groups is 1. The van der Waals surface area contributed by atoms with Gasteiger partial charge in [-0.1, -0.05) is 24.6 Å². The summed E-state index contributed by atoms with van der Waals surface area (Å²) in [4.78, 5) is 37.3. The highest BCUT2D eigenvalue weighted by molar-refractivity contribution is 8.15. The van der Waals surface area contributed by atoms with E-state index in [1.807, 2.05) is 6.92 Å². The first-order valence-corrected chi connectivity index (χ1v) is 10.6. The van der Waals surface area contributed by atoms with Crippen molar-refractivity contribution in [3.63, 3.8) is 0 Å². The Bertz CT molecular complexity index is 912. The van der Waals surface area contributed by atoms with E-state index in [4.69, 9.17) is 9.15 Å². The molecule has 160 valence electrons. The van der Waals surface area contributed by atoms with Crippen LogP contribution in [0.4, 0.5) is 10.5 Å². The molecule has 9 nitrogen and oxygen atoms in total. The molecule has 1 atom stereocenters. The minimum absolute atomic E-state index is 0.0226. The van der Waals surface area contributed by atoms with E-state index in [9.17, 15) is 19.7 Å². The predicted octanol–water partition coefficient (Wildman–Crippen LogP) is 4.03. The molecule has 1 saturated heterocycles. The average Bonchev–Trinajstić information content (AvgIpc) is 3.25. The fourth-order valence-electron chi connectivity index (χ4n) is 3.07. The van der Waals surface area contributed by atoms with E-state index in [0.717, 1.165) is 36.7 Å². The topological polar surface area (TPSA) is 125 Å². The highest BCUT2D eigenvalue weighted by atomic mass is 32.2. The summed E-state index contributed by atoms with van der Waals surface area (Å²) in [6.45, 7) is 2.97. The van der Waals surface area contributed by atoms with Crippen LogP contribution in [0.1, 0.15) is 37.1 Å². The van der Waals surface area contributed by atoms with Gasteiger partial charge in [-0.15, -0.1) is 0 Å². The normalized spacial score (nSPS) is 16.1. The van der Waals surface area contributed by atoms with Crippen LogP contribution in [0.25, 0.3) is 11.5 Å². The number of nitro benzene ring substituents is 1. The Morgan fingerprint density at radius 3 is 2.63 bits per heavy atom. The van der Waals surface area contributed by atoms with Gasteiger partial charge in [-0.25, -0.2) is 4.98 Å². The van der Waals surface area contributed by atoms with Crippen molar-refractivity contribution >= 4 is 28.6 Å². The SMILES string of the molecule is Cc1oc(-c2ccc([N+](=O)[O-])cc2)nc1CCOCCCCCC1SC(=O)NC1=O. The number of carbonyl (C=O) groups is 2. The molecule has 1 N–H and O–H groups in total. The molecule has 0 spiro atoms. The number of rotatable bonds is 11. The third kappa shape index (κ3) is 5.90. The molecule has 2 amide bonds. The first kappa shape index (κ1) is 22.0. The van der Waals surface area contributed by atoms with E-state index < -0.39 is 4.92 Å². The van der Waals surface area contributed by atoms with Crippen LogP contribution in [0.2, 0.25) is 0 Å². The molecular formula is C20H23N3O6S. The van der Waals surface area contributed by atoms with Crippen molar-refractivity contribution in [2.24, 2.45) is 0 Å². The van der Waals surface area contributed by atoms with E-state index in [1.165, 1.54) is 12.1 Å². The van der Waals surface area contributed by atoms with Crippen molar-refractivity contribution < 1.29 is 23.7 Å². The molecule has 1 fully saturated rings. The number of benzene rings is 1. The summed E-state index contributed by atoms with van der Waals surface area (Å²) in [5.74, 6) is 0.955. The number of hydrogen-bond acceptors (Lipinski definition) is 8. The van der Waals surface area contributed by atoms with Crippen molar-refractivity contribution in [1.29, 1.82) is 0 Å². The Morgan fingerprint density at radius 1 is 1.20 bits per heavy atom. The second-order valence-corrected chi connectivity index (χ2v) is 8.10. The summed E-state index contributed by atoms with van der Waals surface area (Å²) in [6.07, 6.45) is 4.02. The van der Waals surface area contributed by atoms with E-state index in [2.05, 4.69) is 10.3 Å². The molecule has 1 unspecified atom stereocenters. The monoisotopic (exact) mass is 433 g/mol. The van der Waals surface area contributed by atoms with E-state index in [1.54, 1.807) is 12.1 Å². The lowest BCUT2D eigenvalue weighted by Gasteiger charge is -2.05. The summed E-state index contributed by atoms with van der Waals surface area (Å²) in [5.41, 5.74) is 1.51. The molecule has 1 aliphatic rings. The molecule has 30 heavy (non-hydrogen) atoms. The zero-order valence-corrected chi connectivity index (χ0v) is 17.4. The van der Waals surface area contributed by atoms with Crippen LogP contribution in [-0.2, 0) is 16.0 Å². The maximum absolute atomic E-state index is 11.5. The molecule has 0 saturated carbocycles. The highest BCUT2D eigenvalue weighted by Gasteiger charge is 2.30. The van der Waals surface area contributed by atoms with Crippen LogP contribution >= 0.6 is 11.8 Å². The summed E-state index contributed by atoms with van der Waals surface area (Å²) in [6, 6.07) is 6.08. The Kier molecular flexibility index (Phi) is 7.58. The first-order chi connectivity index (χ1) is 14.4. The zero-order valence-electron chi connectivity index (χ0n) is 16.6. The minimum atomic E-state index is -0.446. The Balaban J connectivity index is 1.34. The summed E-state index contributed by atoms with van der Waals surface area (Å²) >= 11 is 1.07. The van der Waals surface area contributed by atoms with Crippen LogP contribution in [-0.4, -0.2) is 39.5 Å². The van der Waals surface area contributed by atoms with Crippen molar-refractivity contribution in [1.82, 2.24) is 10.3 Å². The molecule has 1 aliphatic heterocycles. The molecule has 1 aromatic carbocycles. The largest absolute Gasteiger partial charge is 0.441 e. The average molecular weight is 433 g/mol. The molecule has 3 rings (SSSR count). The number of nitrogens with one attached hydrogen (secondary N) is 1. The second kappa shape index (κ2) is 10.4. The highest BCUT2D eigenvalue weighted by Crippen LogP contribution is 2.25. The van der Waals surface area contributed by atoms with Crippen LogP contribution in [0.3, 0.4) is 0 Å². The van der Waals surface area contributed by atoms with Gasteiger partial charge in [0.05, 0.1) is 22.5 Å². The number of aryl methyl sites for hydroxylation is 1. The zero-order chi connectivity index (χ0) is 21.5. The number of carbonyl (C=O) groups excluding carboxylic acids is 2. The lowest BCUT2D eigenvalue weighted by atomic mass is 10.1. The van der Waals surface area contributed by atoms with Gasteiger partial charge >= 0.3 is 0 Å². The van der Waals surface area contributed by atoms with Gasteiger partial charge in [0.15, 0.2) is 0 Å². The second-order valence-electron chi connectivity index (χ2n) is 6.92. The van der Waals surface area contributed by atoms with Gasteiger partial charge in [-0.2, -0.15) is 0 Å². The number of non-ortho nitro benzene ring substituents is 1. The smallest absolute Gasteiger partial charge is 0.286 e. The summed E-state index contributed by atoms with van der Waals surface area (Å²) in [5, 5.41) is 12.5. The van der Waals surface area contributed by atoms with Gasteiger partial charge in [0.2, 0.25) is 11.8 Å². The van der Waals surface area contributed by atoms with E-state index in [-0.39, 0.29) is 22.1 Å². The quantitative estimate of drug-likeness (QED) is 0.320. The number of hydrogen-bond donors (Lipinski definition) is 1. The van der Waals surface area contributed by atoms with Crippen LogP contribution in [0.15, 0.2) is 28.7 Å². The first-order valence-electron chi connectivity index (χ1n) is 9.74. The van der Waals surface area contributed by atoms with Gasteiger partial charge in [0.25, 0.3) is 10.9 Å². The minimum Gasteiger partial charge on any atom is -0.441 e. The molecule has 0 bridgehead atoms. The van der Waals surface area contributed by atoms with Crippen molar-refractivity contribution in [3.05, 3.63) is 45.8 Å². The predicted molar refractivity (Wildman–Crippen MR) is 111 cm³/mol. The maximum Gasteiger partial charge on any atom is 0.286 e. The molecule has 2 heterocycles. The molecule has 0 radical (unpaired) electrons. The number of aromatic nitrogens is 1. The number of nitro groups is 1. The Hall–Kier alpha value is -2.72. The lowest BCUT2D eigenvalue weighted by molar-refractivity contribution is -0.384. The number of imide groups is 1. The number of nitrogens with zero attached hydrogens (tertiary/aromatic N) is 2. The molecule has 1 aromatic heterocycles. The van der Waals surface area contributed by atoms with Crippen LogP contribution in [0.5, 0.6) is 0 Å². The van der Waals surface area contributed by atoms with Gasteiger partial charge < -0.3 is 9.15 Å². The Morgan fingerprint density at radius 2 is 1.97 bits per heavy atom. The molecule has 2 aromatic rings. The van der Waals surface area contributed by atoms with Crippen molar-refractivity contribution in [3.8, 4) is 11.5 Å². The number of ether oxygens (including phenoxy) is 1. The molecular weight excluding hydrogens is 410 g/mol. The molecule has 0 aliphatic carbocycles. The molecule has 10 heteroatoms. The van der Waals surface area contributed by atoms with Gasteiger partial charge in [-0.05, 0) is 31.9 Å².